The van der Waals surface area contributed by atoms with Crippen molar-refractivity contribution >= 4 is 22.5 Å². The fraction of sp³-hybridized carbons (Fsp3) is 1.00. The summed E-state index contributed by atoms with van der Waals surface area (Å²) in [6.45, 7) is 20.5. The van der Waals surface area contributed by atoms with E-state index in [0.29, 0.717) is 0 Å². The molecule has 4 heteroatoms. The van der Waals surface area contributed by atoms with Gasteiger partial charge in [0.1, 0.15) is 0 Å². The van der Waals surface area contributed by atoms with E-state index in [4.69, 9.17) is 4.43 Å². The Balaban J connectivity index is 2.28. The molecule has 0 spiro atoms. The van der Waals surface area contributed by atoms with Crippen molar-refractivity contribution in [2.45, 2.75) is 135 Å². The van der Waals surface area contributed by atoms with E-state index in [1.54, 1.807) is 0 Å². The van der Waals surface area contributed by atoms with Crippen LogP contribution in [-0.4, -0.2) is 28.1 Å². The van der Waals surface area contributed by atoms with Crippen molar-refractivity contribution in [3.63, 3.8) is 0 Å². The van der Waals surface area contributed by atoms with E-state index in [9.17, 15) is 0 Å². The molecule has 150 valence electrons. The average molecular weight is 401 g/mol. The van der Waals surface area contributed by atoms with Crippen molar-refractivity contribution in [2.75, 3.05) is 0 Å². The SMILES string of the molecule is CCCCCCCCCCCCC1(C)C[Si](C)(C)[Si](C)(C)[Si](C)(C)O1. The van der Waals surface area contributed by atoms with Gasteiger partial charge in [0, 0.05) is 7.59 Å². The van der Waals surface area contributed by atoms with Crippen molar-refractivity contribution in [3.8, 4) is 0 Å². The van der Waals surface area contributed by atoms with Gasteiger partial charge in [-0.05, 0) is 32.5 Å². The van der Waals surface area contributed by atoms with Crippen LogP contribution in [0.2, 0.25) is 45.3 Å². The van der Waals surface area contributed by atoms with Crippen LogP contribution < -0.4 is 0 Å². The molecular formula is C21H48OSi3. The van der Waals surface area contributed by atoms with Crippen LogP contribution in [0, 0.1) is 0 Å². The molecule has 1 rings (SSSR count). The second-order valence-corrected chi connectivity index (χ2v) is 37.9. The molecule has 1 fully saturated rings. The Labute approximate surface area is 162 Å². The minimum absolute atomic E-state index is 0.202. The van der Waals surface area contributed by atoms with E-state index in [0.717, 1.165) is 0 Å². The maximum atomic E-state index is 6.93. The van der Waals surface area contributed by atoms with Gasteiger partial charge in [-0.3, -0.25) is 0 Å². The molecule has 0 amide bonds. The van der Waals surface area contributed by atoms with Crippen molar-refractivity contribution in [1.29, 1.82) is 0 Å². The molecule has 25 heavy (non-hydrogen) atoms. The Kier molecular flexibility index (Phi) is 9.17. The molecule has 0 aromatic carbocycles. The second-order valence-electron chi connectivity index (χ2n) is 10.7. The predicted molar refractivity (Wildman–Crippen MR) is 123 cm³/mol. The third kappa shape index (κ3) is 6.62. The van der Waals surface area contributed by atoms with Crippen LogP contribution in [0.5, 0.6) is 0 Å². The molecule has 0 aromatic heterocycles. The Bertz CT molecular complexity index is 371. The van der Waals surface area contributed by atoms with Gasteiger partial charge in [-0.15, -0.1) is 0 Å². The topological polar surface area (TPSA) is 9.23 Å². The van der Waals surface area contributed by atoms with Crippen LogP contribution in [0.1, 0.15) is 84.5 Å². The van der Waals surface area contributed by atoms with Gasteiger partial charge in [-0.1, -0.05) is 97.3 Å². The van der Waals surface area contributed by atoms with E-state index in [1.165, 1.54) is 76.7 Å². The normalized spacial score (nSPS) is 27.4. The summed E-state index contributed by atoms with van der Waals surface area (Å²) in [5.41, 5.74) is 0.202. The van der Waals surface area contributed by atoms with Crippen molar-refractivity contribution in [3.05, 3.63) is 0 Å². The summed E-state index contributed by atoms with van der Waals surface area (Å²) in [7, 11) is -3.75. The lowest BCUT2D eigenvalue weighted by atomic mass is 9.99. The van der Waals surface area contributed by atoms with Crippen LogP contribution in [0.25, 0.3) is 0 Å². The standard InChI is InChI=1S/C21H48OSi3/c1-9-10-11-12-13-14-15-16-17-18-19-21(2)20-23(3,4)25(7,8)24(5,6)22-21/h9-20H2,1-8H3. The molecule has 0 aromatic rings. The Morgan fingerprint density at radius 1 is 0.720 bits per heavy atom. The molecule has 1 heterocycles. The fourth-order valence-corrected chi connectivity index (χ4v) is 35.6. The maximum absolute atomic E-state index is 6.93. The third-order valence-electron chi connectivity index (χ3n) is 7.57. The summed E-state index contributed by atoms with van der Waals surface area (Å²) >= 11 is 0. The maximum Gasteiger partial charge on any atom is 0.172 e. The summed E-state index contributed by atoms with van der Waals surface area (Å²) in [5, 5.41) is 0. The van der Waals surface area contributed by atoms with Gasteiger partial charge in [0.15, 0.2) is 7.83 Å². The van der Waals surface area contributed by atoms with Crippen LogP contribution in [0.4, 0.5) is 0 Å². The van der Waals surface area contributed by atoms with Crippen LogP contribution in [-0.2, 0) is 4.43 Å². The van der Waals surface area contributed by atoms with E-state index >= 15 is 0 Å². The quantitative estimate of drug-likeness (QED) is 0.253. The predicted octanol–water partition coefficient (Wildman–Crippen LogP) is 7.87. The van der Waals surface area contributed by atoms with E-state index < -0.39 is 22.5 Å². The first-order valence-electron chi connectivity index (χ1n) is 11.2. The summed E-state index contributed by atoms with van der Waals surface area (Å²) in [5.74, 6) is 0. The van der Waals surface area contributed by atoms with E-state index in [1.807, 2.05) is 0 Å². The Morgan fingerprint density at radius 3 is 1.60 bits per heavy atom. The minimum Gasteiger partial charge on any atom is -0.415 e. The number of hydrogen-bond donors (Lipinski definition) is 0. The lowest BCUT2D eigenvalue weighted by Crippen LogP contribution is -2.78. The summed E-state index contributed by atoms with van der Waals surface area (Å²) < 4.78 is 6.93. The smallest absolute Gasteiger partial charge is 0.172 e. The summed E-state index contributed by atoms with van der Waals surface area (Å²) in [6.07, 6.45) is 15.6. The molecule has 1 atom stereocenters. The molecular weight excluding hydrogens is 352 g/mol. The van der Waals surface area contributed by atoms with Crippen LogP contribution in [0.3, 0.4) is 0 Å². The molecule has 1 nitrogen and oxygen atoms in total. The largest absolute Gasteiger partial charge is 0.415 e. The van der Waals surface area contributed by atoms with E-state index in [-0.39, 0.29) is 5.60 Å². The van der Waals surface area contributed by atoms with Crippen molar-refractivity contribution < 1.29 is 4.43 Å². The van der Waals surface area contributed by atoms with Gasteiger partial charge >= 0.3 is 0 Å². The minimum atomic E-state index is -1.49. The molecule has 0 aliphatic carbocycles. The Morgan fingerprint density at radius 2 is 1.16 bits per heavy atom. The molecule has 0 saturated carbocycles. The molecule has 0 bridgehead atoms. The second kappa shape index (κ2) is 9.70. The summed E-state index contributed by atoms with van der Waals surface area (Å²) in [4.78, 5) is 0. The zero-order valence-corrected chi connectivity index (χ0v) is 21.9. The average Bonchev–Trinajstić information content (AvgIpc) is 2.46. The van der Waals surface area contributed by atoms with Crippen LogP contribution >= 0.6 is 0 Å². The number of unbranched alkanes of at least 4 members (excludes halogenated alkanes) is 9. The number of rotatable bonds is 11. The van der Waals surface area contributed by atoms with Gasteiger partial charge in [0.25, 0.3) is 0 Å². The molecule has 1 unspecified atom stereocenters. The summed E-state index contributed by atoms with van der Waals surface area (Å²) in [6, 6.07) is 1.41. The zero-order chi connectivity index (χ0) is 19.2. The number of hydrogen-bond acceptors (Lipinski definition) is 1. The lowest BCUT2D eigenvalue weighted by Gasteiger charge is -2.58. The molecule has 0 radical (unpaired) electrons. The van der Waals surface area contributed by atoms with Gasteiger partial charge in [0.2, 0.25) is 0 Å². The van der Waals surface area contributed by atoms with Gasteiger partial charge in [0.05, 0.1) is 12.7 Å². The first kappa shape index (κ1) is 23.6. The monoisotopic (exact) mass is 400 g/mol. The molecule has 1 aliphatic heterocycles. The highest BCUT2D eigenvalue weighted by molar-refractivity contribution is 7.67. The highest BCUT2D eigenvalue weighted by atomic mass is 29.6. The first-order chi connectivity index (χ1) is 11.5. The molecule has 0 N–H and O–H groups in total. The van der Waals surface area contributed by atoms with Gasteiger partial charge in [-0.25, -0.2) is 0 Å². The third-order valence-corrected chi connectivity index (χ3v) is 48.1. The first-order valence-corrected chi connectivity index (χ1v) is 22.3. The lowest BCUT2D eigenvalue weighted by molar-refractivity contribution is 0.0877. The van der Waals surface area contributed by atoms with Gasteiger partial charge < -0.3 is 4.43 Å². The van der Waals surface area contributed by atoms with Gasteiger partial charge in [-0.2, -0.15) is 0 Å². The zero-order valence-electron chi connectivity index (χ0n) is 18.9. The molecule has 1 aliphatic rings. The van der Waals surface area contributed by atoms with Crippen LogP contribution in [0.15, 0.2) is 0 Å². The highest BCUT2D eigenvalue weighted by Crippen LogP contribution is 2.45. The molecule has 1 saturated heterocycles. The fourth-order valence-electron chi connectivity index (χ4n) is 4.88. The van der Waals surface area contributed by atoms with Crippen molar-refractivity contribution in [2.24, 2.45) is 0 Å². The highest BCUT2D eigenvalue weighted by Gasteiger charge is 2.61. The Hall–Kier alpha value is 0.611. The van der Waals surface area contributed by atoms with Crippen molar-refractivity contribution in [1.82, 2.24) is 0 Å². The van der Waals surface area contributed by atoms with E-state index in [2.05, 4.69) is 53.1 Å².